The summed E-state index contributed by atoms with van der Waals surface area (Å²) in [5.74, 6) is -0.512. The van der Waals surface area contributed by atoms with Gasteiger partial charge in [-0.05, 0) is 55.3 Å². The quantitative estimate of drug-likeness (QED) is 0.428. The number of sulfonamides is 1. The lowest BCUT2D eigenvalue weighted by molar-refractivity contribution is -0.136. The third-order valence-corrected chi connectivity index (χ3v) is 5.46. The monoisotopic (exact) mass is 389 g/mol. The second-order valence-corrected chi connectivity index (χ2v) is 8.19. The minimum atomic E-state index is -3.38. The molecule has 8 heteroatoms. The highest BCUT2D eigenvalue weighted by atomic mass is 32.2. The molecule has 0 saturated carbocycles. The number of benzene rings is 1. The van der Waals surface area contributed by atoms with Crippen LogP contribution in [0.2, 0.25) is 0 Å². The second kappa shape index (κ2) is 7.40. The van der Waals surface area contributed by atoms with Crippen molar-refractivity contribution in [3.05, 3.63) is 59.6 Å². The Labute approximate surface area is 157 Å². The fourth-order valence-corrected chi connectivity index (χ4v) is 4.35. The van der Waals surface area contributed by atoms with E-state index >= 15 is 0 Å². The van der Waals surface area contributed by atoms with E-state index in [0.29, 0.717) is 23.4 Å². The van der Waals surface area contributed by atoms with Crippen LogP contribution in [0, 0.1) is 0 Å². The summed E-state index contributed by atoms with van der Waals surface area (Å²) >= 11 is 0. The SMILES string of the molecule is C[C@H]1Cc2cc(C(=O)COC(=O)/C=C/c3ccco3)ccc2N1S(C)(=O)=O. The smallest absolute Gasteiger partial charge is 0.331 e. The number of carbonyl (C=O) groups is 2. The highest BCUT2D eigenvalue weighted by Crippen LogP contribution is 2.34. The fourth-order valence-electron chi connectivity index (χ4n) is 3.09. The van der Waals surface area contributed by atoms with Crippen LogP contribution in [-0.4, -0.2) is 39.1 Å². The lowest BCUT2D eigenvalue weighted by atomic mass is 10.0. The first-order valence-corrected chi connectivity index (χ1v) is 10.1. The summed E-state index contributed by atoms with van der Waals surface area (Å²) < 4.78 is 35.2. The summed E-state index contributed by atoms with van der Waals surface area (Å²) in [5.41, 5.74) is 1.74. The van der Waals surface area contributed by atoms with Gasteiger partial charge in [-0.15, -0.1) is 0 Å². The number of fused-ring (bicyclic) bond motifs is 1. The lowest BCUT2D eigenvalue weighted by Crippen LogP contribution is -2.34. The van der Waals surface area contributed by atoms with E-state index < -0.39 is 22.6 Å². The van der Waals surface area contributed by atoms with Gasteiger partial charge in [0.05, 0.1) is 18.2 Å². The largest absolute Gasteiger partial charge is 0.465 e. The van der Waals surface area contributed by atoms with Crippen molar-refractivity contribution >= 4 is 33.5 Å². The third kappa shape index (κ3) is 4.28. The zero-order chi connectivity index (χ0) is 19.6. The van der Waals surface area contributed by atoms with E-state index in [1.807, 2.05) is 6.92 Å². The molecule has 0 unspecified atom stereocenters. The molecule has 0 amide bonds. The van der Waals surface area contributed by atoms with Gasteiger partial charge in [0.25, 0.3) is 0 Å². The topological polar surface area (TPSA) is 93.9 Å². The number of esters is 1. The van der Waals surface area contributed by atoms with Gasteiger partial charge in [0, 0.05) is 17.7 Å². The molecule has 0 bridgehead atoms. The molecule has 1 aliphatic rings. The van der Waals surface area contributed by atoms with Crippen LogP contribution in [0.4, 0.5) is 5.69 Å². The molecule has 7 nitrogen and oxygen atoms in total. The van der Waals surface area contributed by atoms with Crippen LogP contribution in [0.3, 0.4) is 0 Å². The summed E-state index contributed by atoms with van der Waals surface area (Å²) in [5, 5.41) is 0. The summed E-state index contributed by atoms with van der Waals surface area (Å²) in [6, 6.07) is 7.99. The molecule has 2 aromatic rings. The Hall–Kier alpha value is -2.87. The molecule has 1 aliphatic heterocycles. The van der Waals surface area contributed by atoms with Gasteiger partial charge in [-0.2, -0.15) is 0 Å². The van der Waals surface area contributed by atoms with Crippen LogP contribution < -0.4 is 4.31 Å². The lowest BCUT2D eigenvalue weighted by Gasteiger charge is -2.21. The molecule has 0 radical (unpaired) electrons. The Kier molecular flexibility index (Phi) is 5.18. The molecule has 1 aromatic carbocycles. The highest BCUT2D eigenvalue weighted by molar-refractivity contribution is 7.92. The van der Waals surface area contributed by atoms with Crippen molar-refractivity contribution in [1.82, 2.24) is 0 Å². The summed E-state index contributed by atoms with van der Waals surface area (Å²) in [4.78, 5) is 24.0. The van der Waals surface area contributed by atoms with Crippen molar-refractivity contribution in [2.24, 2.45) is 0 Å². The highest BCUT2D eigenvalue weighted by Gasteiger charge is 2.32. The van der Waals surface area contributed by atoms with Crippen LogP contribution in [0.1, 0.15) is 28.6 Å². The van der Waals surface area contributed by atoms with E-state index in [0.717, 1.165) is 11.8 Å². The minimum Gasteiger partial charge on any atom is -0.465 e. The van der Waals surface area contributed by atoms with Crippen LogP contribution >= 0.6 is 0 Å². The molecule has 142 valence electrons. The van der Waals surface area contributed by atoms with E-state index in [4.69, 9.17) is 9.15 Å². The van der Waals surface area contributed by atoms with E-state index in [2.05, 4.69) is 0 Å². The average Bonchev–Trinajstić information content (AvgIpc) is 3.22. The standard InChI is InChI=1S/C19H19NO6S/c1-13-10-15-11-14(5-7-17(15)20(13)27(2,23)24)18(21)12-26-19(22)8-6-16-4-3-9-25-16/h3-9,11,13H,10,12H2,1-2H3/b8-6+/t13-/m0/s1. The second-order valence-electron chi connectivity index (χ2n) is 6.34. The average molecular weight is 389 g/mol. The molecule has 0 aliphatic carbocycles. The van der Waals surface area contributed by atoms with E-state index in [1.54, 1.807) is 30.3 Å². The molecule has 2 heterocycles. The van der Waals surface area contributed by atoms with Crippen LogP contribution in [0.25, 0.3) is 6.08 Å². The third-order valence-electron chi connectivity index (χ3n) is 4.18. The maximum Gasteiger partial charge on any atom is 0.331 e. The number of rotatable bonds is 6. The first-order chi connectivity index (χ1) is 12.8. The molecule has 0 N–H and O–H groups in total. The van der Waals surface area contributed by atoms with Gasteiger partial charge in [0.15, 0.2) is 12.4 Å². The molecule has 3 rings (SSSR count). The number of anilines is 1. The van der Waals surface area contributed by atoms with E-state index in [1.165, 1.54) is 22.7 Å². The van der Waals surface area contributed by atoms with Crippen molar-refractivity contribution in [1.29, 1.82) is 0 Å². The number of nitrogens with zero attached hydrogens (tertiary/aromatic N) is 1. The van der Waals surface area contributed by atoms with Crippen LogP contribution in [-0.2, 0) is 26.0 Å². The fraction of sp³-hybridized carbons (Fsp3) is 0.263. The van der Waals surface area contributed by atoms with Crippen LogP contribution in [0.5, 0.6) is 0 Å². The van der Waals surface area contributed by atoms with Crippen molar-refractivity contribution in [2.75, 3.05) is 17.2 Å². The summed E-state index contributed by atoms with van der Waals surface area (Å²) in [6.45, 7) is 1.42. The van der Waals surface area contributed by atoms with Gasteiger partial charge in [-0.1, -0.05) is 0 Å². The van der Waals surface area contributed by atoms with Crippen molar-refractivity contribution in [3.8, 4) is 0 Å². The van der Waals surface area contributed by atoms with Gasteiger partial charge in [0.2, 0.25) is 10.0 Å². The van der Waals surface area contributed by atoms with Crippen molar-refractivity contribution in [2.45, 2.75) is 19.4 Å². The van der Waals surface area contributed by atoms with Crippen LogP contribution in [0.15, 0.2) is 47.1 Å². The van der Waals surface area contributed by atoms with Gasteiger partial charge in [-0.25, -0.2) is 13.2 Å². The summed E-state index contributed by atoms with van der Waals surface area (Å²) in [6.07, 6.45) is 5.79. The zero-order valence-corrected chi connectivity index (χ0v) is 15.7. The van der Waals surface area contributed by atoms with Gasteiger partial charge in [-0.3, -0.25) is 9.10 Å². The number of ether oxygens (including phenoxy) is 1. The predicted molar refractivity (Wildman–Crippen MR) is 100.0 cm³/mol. The molecule has 0 saturated heterocycles. The number of furan rings is 1. The van der Waals surface area contributed by atoms with Crippen molar-refractivity contribution < 1.29 is 27.2 Å². The van der Waals surface area contributed by atoms with Crippen molar-refractivity contribution in [3.63, 3.8) is 0 Å². The first kappa shape index (κ1) is 18.9. The van der Waals surface area contributed by atoms with Gasteiger partial charge >= 0.3 is 5.97 Å². The first-order valence-electron chi connectivity index (χ1n) is 8.29. The number of carbonyl (C=O) groups excluding carboxylic acids is 2. The molecule has 1 atom stereocenters. The maximum absolute atomic E-state index is 12.3. The normalized spacial score (nSPS) is 16.5. The van der Waals surface area contributed by atoms with Gasteiger partial charge in [0.1, 0.15) is 5.76 Å². The predicted octanol–water partition coefficient (Wildman–Crippen LogP) is 2.43. The number of hydrogen-bond donors (Lipinski definition) is 0. The zero-order valence-electron chi connectivity index (χ0n) is 14.9. The molecule has 0 fully saturated rings. The Bertz CT molecular complexity index is 991. The molecule has 1 aromatic heterocycles. The Morgan fingerprint density at radius 1 is 1.33 bits per heavy atom. The maximum atomic E-state index is 12.3. The Balaban J connectivity index is 1.65. The Morgan fingerprint density at radius 2 is 2.11 bits per heavy atom. The Morgan fingerprint density at radius 3 is 2.78 bits per heavy atom. The number of ketones is 1. The number of Topliss-reactive ketones (excluding diaryl/α,β-unsaturated/α-hetero) is 1. The van der Waals surface area contributed by atoms with E-state index in [-0.39, 0.29) is 11.8 Å². The minimum absolute atomic E-state index is 0.204. The molecular formula is C19H19NO6S. The number of hydrogen-bond acceptors (Lipinski definition) is 6. The molecule has 27 heavy (non-hydrogen) atoms. The molecular weight excluding hydrogens is 370 g/mol. The van der Waals surface area contributed by atoms with Gasteiger partial charge < -0.3 is 9.15 Å². The summed E-state index contributed by atoms with van der Waals surface area (Å²) in [7, 11) is -3.38. The molecule has 0 spiro atoms. The van der Waals surface area contributed by atoms with E-state index in [9.17, 15) is 18.0 Å².